The summed E-state index contributed by atoms with van der Waals surface area (Å²) in [5, 5.41) is 3.62. The molecule has 1 nitrogen and oxygen atoms in total. The van der Waals surface area contributed by atoms with Crippen molar-refractivity contribution in [1.29, 1.82) is 0 Å². The summed E-state index contributed by atoms with van der Waals surface area (Å²) in [6.45, 7) is 9.43. The van der Waals surface area contributed by atoms with Crippen LogP contribution in [0.25, 0.3) is 0 Å². The normalized spacial score (nSPS) is 30.6. The molecule has 96 valence electrons. The van der Waals surface area contributed by atoms with Crippen molar-refractivity contribution in [3.8, 4) is 0 Å². The summed E-state index contributed by atoms with van der Waals surface area (Å²) < 4.78 is 0. The van der Waals surface area contributed by atoms with Gasteiger partial charge in [-0.2, -0.15) is 0 Å². The minimum atomic E-state index is 0.963. The van der Waals surface area contributed by atoms with Crippen LogP contribution in [0.1, 0.15) is 65.7 Å². The highest BCUT2D eigenvalue weighted by Crippen LogP contribution is 2.37. The third-order valence-corrected chi connectivity index (χ3v) is 4.30. The summed E-state index contributed by atoms with van der Waals surface area (Å²) >= 11 is 0. The second kappa shape index (κ2) is 8.11. The van der Waals surface area contributed by atoms with Gasteiger partial charge in [-0.1, -0.05) is 46.5 Å². The molecule has 3 atom stereocenters. The van der Waals surface area contributed by atoms with E-state index < -0.39 is 0 Å². The van der Waals surface area contributed by atoms with Crippen LogP contribution >= 0.6 is 0 Å². The third-order valence-electron chi connectivity index (χ3n) is 4.30. The van der Waals surface area contributed by atoms with Crippen molar-refractivity contribution >= 4 is 0 Å². The van der Waals surface area contributed by atoms with E-state index in [0.717, 1.165) is 17.8 Å². The summed E-state index contributed by atoms with van der Waals surface area (Å²) in [6.07, 6.45) is 9.96. The minimum absolute atomic E-state index is 0.963. The average molecular weight is 225 g/mol. The van der Waals surface area contributed by atoms with Gasteiger partial charge in [0.1, 0.15) is 0 Å². The molecule has 0 aliphatic heterocycles. The van der Waals surface area contributed by atoms with Crippen LogP contribution in [0.2, 0.25) is 0 Å². The topological polar surface area (TPSA) is 12.0 Å². The Morgan fingerprint density at radius 3 is 2.44 bits per heavy atom. The maximum Gasteiger partial charge on any atom is -0.00179 e. The molecule has 0 aromatic carbocycles. The van der Waals surface area contributed by atoms with Crippen LogP contribution < -0.4 is 5.32 Å². The van der Waals surface area contributed by atoms with Gasteiger partial charge in [0.25, 0.3) is 0 Å². The second-order valence-electron chi connectivity index (χ2n) is 5.60. The Morgan fingerprint density at radius 1 is 1.00 bits per heavy atom. The maximum atomic E-state index is 3.62. The fraction of sp³-hybridized carbons (Fsp3) is 1.00. The molecule has 0 aromatic heterocycles. The molecule has 1 saturated carbocycles. The molecule has 0 spiro atoms. The fourth-order valence-corrected chi connectivity index (χ4v) is 3.33. The zero-order chi connectivity index (χ0) is 11.8. The Bertz CT molecular complexity index is 167. The van der Waals surface area contributed by atoms with Gasteiger partial charge in [-0.15, -0.1) is 0 Å². The number of hydrogen-bond acceptors (Lipinski definition) is 1. The van der Waals surface area contributed by atoms with Crippen LogP contribution in [0.5, 0.6) is 0 Å². The number of nitrogens with one attached hydrogen (secondary N) is 1. The van der Waals surface area contributed by atoms with Gasteiger partial charge in [0.05, 0.1) is 0 Å². The van der Waals surface area contributed by atoms with Gasteiger partial charge in [0, 0.05) is 0 Å². The van der Waals surface area contributed by atoms with Crippen molar-refractivity contribution in [3.63, 3.8) is 0 Å². The van der Waals surface area contributed by atoms with Crippen molar-refractivity contribution in [1.82, 2.24) is 5.32 Å². The minimum Gasteiger partial charge on any atom is -0.316 e. The summed E-state index contributed by atoms with van der Waals surface area (Å²) in [4.78, 5) is 0. The first-order valence-corrected chi connectivity index (χ1v) is 7.52. The first kappa shape index (κ1) is 14.0. The van der Waals surface area contributed by atoms with Crippen molar-refractivity contribution < 1.29 is 0 Å². The van der Waals surface area contributed by atoms with Gasteiger partial charge < -0.3 is 5.32 Å². The standard InChI is InChI=1S/C15H31N/c1-4-7-13-8-9-15(12-16-10-5-2)14(6-3)11-13/h13-16H,4-12H2,1-3H3. The Hall–Kier alpha value is -0.0400. The molecule has 0 radical (unpaired) electrons. The molecule has 0 aromatic rings. The molecule has 3 unspecified atom stereocenters. The third kappa shape index (κ3) is 4.45. The predicted molar refractivity (Wildman–Crippen MR) is 72.7 cm³/mol. The van der Waals surface area contributed by atoms with Crippen molar-refractivity contribution in [2.45, 2.75) is 65.7 Å². The lowest BCUT2D eigenvalue weighted by atomic mass is 9.71. The van der Waals surface area contributed by atoms with Gasteiger partial charge in [-0.3, -0.25) is 0 Å². The van der Waals surface area contributed by atoms with Gasteiger partial charge >= 0.3 is 0 Å². The van der Waals surface area contributed by atoms with E-state index in [0.29, 0.717) is 0 Å². The van der Waals surface area contributed by atoms with E-state index in [1.807, 2.05) is 0 Å². The van der Waals surface area contributed by atoms with Crippen LogP contribution in [-0.2, 0) is 0 Å². The Kier molecular flexibility index (Phi) is 7.11. The quantitative estimate of drug-likeness (QED) is 0.639. The van der Waals surface area contributed by atoms with E-state index >= 15 is 0 Å². The summed E-state index contributed by atoms with van der Waals surface area (Å²) in [6, 6.07) is 0. The molecular formula is C15H31N. The first-order chi connectivity index (χ1) is 7.81. The molecular weight excluding hydrogens is 194 g/mol. The lowest BCUT2D eigenvalue weighted by molar-refractivity contribution is 0.164. The lowest BCUT2D eigenvalue weighted by Crippen LogP contribution is -2.33. The predicted octanol–water partition coefficient (Wildman–Crippen LogP) is 4.23. The van der Waals surface area contributed by atoms with E-state index in [1.165, 1.54) is 58.0 Å². The summed E-state index contributed by atoms with van der Waals surface area (Å²) in [5.41, 5.74) is 0. The zero-order valence-electron chi connectivity index (χ0n) is 11.6. The summed E-state index contributed by atoms with van der Waals surface area (Å²) in [7, 11) is 0. The van der Waals surface area contributed by atoms with Crippen molar-refractivity contribution in [3.05, 3.63) is 0 Å². The van der Waals surface area contributed by atoms with Gasteiger partial charge in [-0.25, -0.2) is 0 Å². The van der Waals surface area contributed by atoms with Crippen LogP contribution in [0.3, 0.4) is 0 Å². The van der Waals surface area contributed by atoms with Gasteiger partial charge in [0.15, 0.2) is 0 Å². The van der Waals surface area contributed by atoms with E-state index in [9.17, 15) is 0 Å². The molecule has 1 aliphatic carbocycles. The van der Waals surface area contributed by atoms with E-state index in [4.69, 9.17) is 0 Å². The Balaban J connectivity index is 2.30. The first-order valence-electron chi connectivity index (χ1n) is 7.52. The highest BCUT2D eigenvalue weighted by molar-refractivity contribution is 4.80. The van der Waals surface area contributed by atoms with E-state index in [1.54, 1.807) is 0 Å². The average Bonchev–Trinajstić information content (AvgIpc) is 2.31. The van der Waals surface area contributed by atoms with Crippen LogP contribution in [-0.4, -0.2) is 13.1 Å². The van der Waals surface area contributed by atoms with Gasteiger partial charge in [0.2, 0.25) is 0 Å². The van der Waals surface area contributed by atoms with Crippen LogP contribution in [0.4, 0.5) is 0 Å². The van der Waals surface area contributed by atoms with Crippen molar-refractivity contribution in [2.24, 2.45) is 17.8 Å². The lowest BCUT2D eigenvalue weighted by Gasteiger charge is -2.36. The Morgan fingerprint density at radius 2 is 1.81 bits per heavy atom. The maximum absolute atomic E-state index is 3.62. The van der Waals surface area contributed by atoms with Crippen LogP contribution in [0.15, 0.2) is 0 Å². The molecule has 1 rings (SSSR count). The molecule has 1 heteroatoms. The van der Waals surface area contributed by atoms with E-state index in [-0.39, 0.29) is 0 Å². The SMILES string of the molecule is CCCNCC1CCC(CCC)CC1CC. The zero-order valence-corrected chi connectivity index (χ0v) is 11.6. The molecule has 0 bridgehead atoms. The Labute approximate surface area is 102 Å². The molecule has 0 heterocycles. The highest BCUT2D eigenvalue weighted by Gasteiger charge is 2.28. The molecule has 0 saturated heterocycles. The summed E-state index contributed by atoms with van der Waals surface area (Å²) in [5.74, 6) is 3.00. The molecule has 1 fully saturated rings. The second-order valence-corrected chi connectivity index (χ2v) is 5.60. The molecule has 16 heavy (non-hydrogen) atoms. The molecule has 0 amide bonds. The smallest absolute Gasteiger partial charge is 0.00179 e. The van der Waals surface area contributed by atoms with Crippen LogP contribution in [0, 0.1) is 17.8 Å². The van der Waals surface area contributed by atoms with Gasteiger partial charge in [-0.05, 0) is 50.1 Å². The number of rotatable bonds is 7. The van der Waals surface area contributed by atoms with Crippen molar-refractivity contribution in [2.75, 3.05) is 13.1 Å². The van der Waals surface area contributed by atoms with E-state index in [2.05, 4.69) is 26.1 Å². The fourth-order valence-electron chi connectivity index (χ4n) is 3.33. The monoisotopic (exact) mass is 225 g/mol. The number of hydrogen-bond donors (Lipinski definition) is 1. The molecule has 1 aliphatic rings. The highest BCUT2D eigenvalue weighted by atomic mass is 14.9. The largest absolute Gasteiger partial charge is 0.316 e. The molecule has 1 N–H and O–H groups in total.